The summed E-state index contributed by atoms with van der Waals surface area (Å²) in [6.07, 6.45) is 3.33. The molecule has 8 nitrogen and oxygen atoms in total. The molecule has 10 heteroatoms. The number of carbonyl (C=O) groups excluding carboxylic acids is 1. The van der Waals surface area contributed by atoms with E-state index in [0.717, 1.165) is 0 Å². The first-order chi connectivity index (χ1) is 14.7. The van der Waals surface area contributed by atoms with Gasteiger partial charge in [0.2, 0.25) is 0 Å². The molecular formula is C20H17FN6O2S. The fourth-order valence-electron chi connectivity index (χ4n) is 3.31. The van der Waals surface area contributed by atoms with Gasteiger partial charge in [-0.05, 0) is 18.2 Å². The number of imidazole rings is 1. The van der Waals surface area contributed by atoms with Gasteiger partial charge in [-0.15, -0.1) is 16.4 Å². The molecule has 0 spiro atoms. The van der Waals surface area contributed by atoms with Gasteiger partial charge in [-0.25, -0.2) is 18.9 Å². The first-order valence-corrected chi connectivity index (χ1v) is 10.3. The Hall–Kier alpha value is -3.37. The first-order valence-electron chi connectivity index (χ1n) is 9.37. The van der Waals surface area contributed by atoms with E-state index >= 15 is 0 Å². The second kappa shape index (κ2) is 7.81. The van der Waals surface area contributed by atoms with Gasteiger partial charge >= 0.3 is 0 Å². The van der Waals surface area contributed by atoms with E-state index < -0.39 is 0 Å². The molecule has 1 aliphatic heterocycles. The van der Waals surface area contributed by atoms with E-state index in [-0.39, 0.29) is 11.7 Å². The summed E-state index contributed by atoms with van der Waals surface area (Å²) >= 11 is 1.33. The van der Waals surface area contributed by atoms with Crippen molar-refractivity contribution in [2.75, 3.05) is 36.5 Å². The number of nitrogens with zero attached hydrogens (tertiary/aromatic N) is 5. The SMILES string of the molecule is O=C(Nc1nccs1)c1cc(N2CCOCC2)nn2cc(-c3cccc(F)c3)nc12. The Balaban J connectivity index is 1.61. The van der Waals surface area contributed by atoms with Crippen molar-refractivity contribution in [3.8, 4) is 11.3 Å². The zero-order valence-corrected chi connectivity index (χ0v) is 16.6. The molecule has 1 saturated heterocycles. The smallest absolute Gasteiger partial charge is 0.261 e. The van der Waals surface area contributed by atoms with Crippen molar-refractivity contribution in [1.82, 2.24) is 19.6 Å². The van der Waals surface area contributed by atoms with E-state index in [1.54, 1.807) is 40.5 Å². The monoisotopic (exact) mass is 424 g/mol. The number of halogens is 1. The first kappa shape index (κ1) is 18.6. The van der Waals surface area contributed by atoms with E-state index in [9.17, 15) is 9.18 Å². The number of fused-ring (bicyclic) bond motifs is 1. The van der Waals surface area contributed by atoms with Crippen LogP contribution in [0.2, 0.25) is 0 Å². The van der Waals surface area contributed by atoms with Gasteiger partial charge in [0.25, 0.3) is 5.91 Å². The molecule has 4 aromatic rings. The van der Waals surface area contributed by atoms with Crippen LogP contribution in [0.3, 0.4) is 0 Å². The molecule has 5 rings (SSSR count). The molecule has 0 radical (unpaired) electrons. The summed E-state index contributed by atoms with van der Waals surface area (Å²) in [6.45, 7) is 2.55. The average Bonchev–Trinajstić information content (AvgIpc) is 3.43. The number of rotatable bonds is 4. The molecule has 3 aromatic heterocycles. The lowest BCUT2D eigenvalue weighted by atomic mass is 10.2. The summed E-state index contributed by atoms with van der Waals surface area (Å²) in [7, 11) is 0. The van der Waals surface area contributed by atoms with Crippen LogP contribution in [-0.4, -0.2) is 51.8 Å². The molecule has 1 amide bonds. The number of aromatic nitrogens is 4. The topological polar surface area (TPSA) is 84.7 Å². The third kappa shape index (κ3) is 3.62. The van der Waals surface area contributed by atoms with Crippen LogP contribution in [0.1, 0.15) is 10.4 Å². The summed E-state index contributed by atoms with van der Waals surface area (Å²) in [5, 5.41) is 9.73. The van der Waals surface area contributed by atoms with Crippen LogP contribution in [0.4, 0.5) is 15.3 Å². The van der Waals surface area contributed by atoms with Gasteiger partial charge in [-0.2, -0.15) is 0 Å². The Labute approximate surface area is 175 Å². The number of morpholine rings is 1. The number of hydrogen-bond acceptors (Lipinski definition) is 7. The highest BCUT2D eigenvalue weighted by Gasteiger charge is 2.21. The van der Waals surface area contributed by atoms with Crippen LogP contribution in [0.25, 0.3) is 16.9 Å². The summed E-state index contributed by atoms with van der Waals surface area (Å²) < 4.78 is 20.7. The van der Waals surface area contributed by atoms with Crippen molar-refractivity contribution in [3.63, 3.8) is 0 Å². The molecule has 30 heavy (non-hydrogen) atoms. The van der Waals surface area contributed by atoms with E-state index in [4.69, 9.17) is 4.74 Å². The predicted molar refractivity (Wildman–Crippen MR) is 111 cm³/mol. The summed E-state index contributed by atoms with van der Waals surface area (Å²) in [5.41, 5.74) is 1.90. The molecule has 4 heterocycles. The molecule has 1 aromatic carbocycles. The van der Waals surface area contributed by atoms with Crippen molar-refractivity contribution in [3.05, 3.63) is 59.5 Å². The number of benzene rings is 1. The molecule has 0 bridgehead atoms. The fraction of sp³-hybridized carbons (Fsp3) is 0.200. The van der Waals surface area contributed by atoms with Crippen molar-refractivity contribution < 1.29 is 13.9 Å². The molecular weight excluding hydrogens is 407 g/mol. The zero-order valence-electron chi connectivity index (χ0n) is 15.8. The van der Waals surface area contributed by atoms with Crippen LogP contribution in [0, 0.1) is 5.82 Å². The number of thiazole rings is 1. The number of amides is 1. The number of hydrogen-bond donors (Lipinski definition) is 1. The van der Waals surface area contributed by atoms with Gasteiger partial charge in [0, 0.05) is 30.2 Å². The highest BCUT2D eigenvalue weighted by atomic mass is 32.1. The van der Waals surface area contributed by atoms with Gasteiger partial charge in [-0.1, -0.05) is 12.1 Å². The minimum atomic E-state index is -0.353. The lowest BCUT2D eigenvalue weighted by Gasteiger charge is -2.27. The summed E-state index contributed by atoms with van der Waals surface area (Å²) in [4.78, 5) is 23.8. The normalized spacial score (nSPS) is 14.2. The van der Waals surface area contributed by atoms with E-state index in [1.165, 1.54) is 23.5 Å². The van der Waals surface area contributed by atoms with Gasteiger partial charge in [-0.3, -0.25) is 10.1 Å². The molecule has 0 atom stereocenters. The van der Waals surface area contributed by atoms with Gasteiger partial charge < -0.3 is 9.64 Å². The van der Waals surface area contributed by atoms with E-state index in [2.05, 4.69) is 25.3 Å². The molecule has 1 N–H and O–H groups in total. The Morgan fingerprint density at radius 3 is 2.87 bits per heavy atom. The highest BCUT2D eigenvalue weighted by molar-refractivity contribution is 7.13. The minimum absolute atomic E-state index is 0.330. The molecule has 0 saturated carbocycles. The largest absolute Gasteiger partial charge is 0.378 e. The maximum absolute atomic E-state index is 13.7. The Bertz CT molecular complexity index is 1200. The molecule has 152 valence electrons. The lowest BCUT2D eigenvalue weighted by molar-refractivity contribution is 0.102. The Kier molecular flexibility index (Phi) is 4.85. The second-order valence-electron chi connectivity index (χ2n) is 6.71. The van der Waals surface area contributed by atoms with Crippen molar-refractivity contribution >= 4 is 33.8 Å². The summed E-state index contributed by atoms with van der Waals surface area (Å²) in [6, 6.07) is 7.90. The molecule has 1 fully saturated rings. The zero-order chi connectivity index (χ0) is 20.5. The third-order valence-electron chi connectivity index (χ3n) is 4.77. The second-order valence-corrected chi connectivity index (χ2v) is 7.61. The highest BCUT2D eigenvalue weighted by Crippen LogP contribution is 2.25. The van der Waals surface area contributed by atoms with Crippen LogP contribution in [-0.2, 0) is 4.74 Å². The minimum Gasteiger partial charge on any atom is -0.378 e. The Morgan fingerprint density at radius 1 is 1.23 bits per heavy atom. The van der Waals surface area contributed by atoms with E-state index in [1.807, 2.05) is 0 Å². The predicted octanol–water partition coefficient (Wildman–Crippen LogP) is 3.08. The van der Waals surface area contributed by atoms with E-state index in [0.29, 0.717) is 59.7 Å². The molecule has 0 aliphatic carbocycles. The fourth-order valence-corrected chi connectivity index (χ4v) is 3.84. The van der Waals surface area contributed by atoms with Crippen LogP contribution < -0.4 is 10.2 Å². The molecule has 1 aliphatic rings. The lowest BCUT2D eigenvalue weighted by Crippen LogP contribution is -2.37. The van der Waals surface area contributed by atoms with Crippen LogP contribution in [0.15, 0.2) is 48.1 Å². The van der Waals surface area contributed by atoms with Gasteiger partial charge in [0.1, 0.15) is 5.82 Å². The van der Waals surface area contributed by atoms with Crippen molar-refractivity contribution in [2.24, 2.45) is 0 Å². The maximum atomic E-state index is 13.7. The maximum Gasteiger partial charge on any atom is 0.261 e. The van der Waals surface area contributed by atoms with Crippen molar-refractivity contribution in [1.29, 1.82) is 0 Å². The number of nitrogens with one attached hydrogen (secondary N) is 1. The van der Waals surface area contributed by atoms with Gasteiger partial charge in [0.15, 0.2) is 16.6 Å². The van der Waals surface area contributed by atoms with Gasteiger partial charge in [0.05, 0.1) is 30.7 Å². The number of ether oxygens (including phenoxy) is 1. The quantitative estimate of drug-likeness (QED) is 0.542. The summed E-state index contributed by atoms with van der Waals surface area (Å²) in [5.74, 6) is -0.0326. The standard InChI is InChI=1S/C20H17FN6O2S/c21-14-3-1-2-13(10-14)16-12-27-18(23-16)15(19(28)24-20-22-4-9-30-20)11-17(25-27)26-5-7-29-8-6-26/h1-4,9-12H,5-8H2,(H,22,24,28). The Morgan fingerprint density at radius 2 is 2.10 bits per heavy atom. The average molecular weight is 424 g/mol. The number of anilines is 2. The van der Waals surface area contributed by atoms with Crippen LogP contribution >= 0.6 is 11.3 Å². The van der Waals surface area contributed by atoms with Crippen LogP contribution in [0.5, 0.6) is 0 Å². The molecule has 0 unspecified atom stereocenters. The van der Waals surface area contributed by atoms with Crippen molar-refractivity contribution in [2.45, 2.75) is 0 Å². The number of carbonyl (C=O) groups is 1. The third-order valence-corrected chi connectivity index (χ3v) is 5.45.